The maximum atomic E-state index is 14.0. The highest BCUT2D eigenvalue weighted by atomic mass is 32.2. The Morgan fingerprint density at radius 2 is 1.66 bits per heavy atom. The van der Waals surface area contributed by atoms with Crippen molar-refractivity contribution in [1.29, 1.82) is 5.26 Å². The van der Waals surface area contributed by atoms with Gasteiger partial charge in [-0.05, 0) is 74.0 Å². The standard InChI is InChI=1S/C32H27F3N6O5S/c1-19(22-10-14-26(46-4)15-11-22)38-47(44,45)27-18-37-41(24-12-8-21(17-36)9-13-24)29(27)28-20(2)40(31(43)39(3)30(28)42)25-7-5-6-23(16-25)32(33,34)35/h5-16,18-19,38H,1-4H3/t19-/m0/s1. The van der Waals surface area contributed by atoms with Crippen molar-refractivity contribution in [2.24, 2.45) is 7.05 Å². The monoisotopic (exact) mass is 664 g/mol. The first kappa shape index (κ1) is 32.9. The van der Waals surface area contributed by atoms with Crippen LogP contribution in [0, 0.1) is 18.3 Å². The van der Waals surface area contributed by atoms with Crippen LogP contribution in [0.5, 0.6) is 5.75 Å². The van der Waals surface area contributed by atoms with E-state index >= 15 is 0 Å². The number of aromatic nitrogens is 4. The van der Waals surface area contributed by atoms with E-state index in [1.165, 1.54) is 49.0 Å². The molecule has 47 heavy (non-hydrogen) atoms. The second kappa shape index (κ2) is 12.4. The fraction of sp³-hybridized carbons (Fsp3) is 0.188. The first-order valence-electron chi connectivity index (χ1n) is 13.9. The Kier molecular flexibility index (Phi) is 8.67. The number of hydrogen-bond donors (Lipinski definition) is 1. The summed E-state index contributed by atoms with van der Waals surface area (Å²) in [7, 11) is -1.83. The molecule has 0 unspecified atom stereocenters. The SMILES string of the molecule is COc1ccc([C@H](C)NS(=O)(=O)c2cnn(-c3ccc(C#N)cc3)c2-c2c(C)n(-c3cccc(C(F)(F)F)c3)c(=O)n(C)c2=O)cc1. The molecular formula is C32H27F3N6O5S. The largest absolute Gasteiger partial charge is 0.497 e. The second-order valence-corrected chi connectivity index (χ2v) is 12.2. The van der Waals surface area contributed by atoms with Gasteiger partial charge in [0.15, 0.2) is 0 Å². The molecule has 0 fully saturated rings. The summed E-state index contributed by atoms with van der Waals surface area (Å²) >= 11 is 0. The Morgan fingerprint density at radius 3 is 2.26 bits per heavy atom. The predicted molar refractivity (Wildman–Crippen MR) is 166 cm³/mol. The minimum absolute atomic E-state index is 0.132. The number of rotatable bonds is 8. The van der Waals surface area contributed by atoms with Crippen LogP contribution in [0.3, 0.4) is 0 Å². The summed E-state index contributed by atoms with van der Waals surface area (Å²) in [4.78, 5) is 26.8. The average molecular weight is 665 g/mol. The summed E-state index contributed by atoms with van der Waals surface area (Å²) in [6, 6.07) is 17.8. The molecule has 0 spiro atoms. The summed E-state index contributed by atoms with van der Waals surface area (Å²) in [5.41, 5.74) is -2.60. The Morgan fingerprint density at radius 1 is 1.00 bits per heavy atom. The number of nitriles is 1. The van der Waals surface area contributed by atoms with Crippen molar-refractivity contribution in [3.8, 4) is 34.5 Å². The van der Waals surface area contributed by atoms with Crippen LogP contribution in [0.25, 0.3) is 22.6 Å². The normalized spacial score (nSPS) is 12.5. The average Bonchev–Trinajstić information content (AvgIpc) is 3.49. The molecule has 15 heteroatoms. The lowest BCUT2D eigenvalue weighted by Crippen LogP contribution is -2.40. The lowest BCUT2D eigenvalue weighted by atomic mass is 10.1. The van der Waals surface area contributed by atoms with Gasteiger partial charge < -0.3 is 4.74 Å². The lowest BCUT2D eigenvalue weighted by Gasteiger charge is -2.19. The quantitative estimate of drug-likeness (QED) is 0.255. The van der Waals surface area contributed by atoms with E-state index in [1.54, 1.807) is 31.2 Å². The highest BCUT2D eigenvalue weighted by Crippen LogP contribution is 2.33. The van der Waals surface area contributed by atoms with Crippen LogP contribution in [-0.4, -0.2) is 34.4 Å². The second-order valence-electron chi connectivity index (χ2n) is 10.5. The fourth-order valence-electron chi connectivity index (χ4n) is 5.10. The first-order valence-corrected chi connectivity index (χ1v) is 15.4. The number of nitrogens with zero attached hydrogens (tertiary/aromatic N) is 5. The van der Waals surface area contributed by atoms with Gasteiger partial charge in [0.2, 0.25) is 10.0 Å². The maximum absolute atomic E-state index is 14.0. The molecule has 0 aliphatic heterocycles. The van der Waals surface area contributed by atoms with Crippen LogP contribution in [0.2, 0.25) is 0 Å². The molecule has 2 aromatic heterocycles. The highest BCUT2D eigenvalue weighted by molar-refractivity contribution is 7.89. The summed E-state index contributed by atoms with van der Waals surface area (Å²) < 4.78 is 79.4. The number of sulfonamides is 1. The van der Waals surface area contributed by atoms with Crippen molar-refractivity contribution >= 4 is 10.0 Å². The van der Waals surface area contributed by atoms with Crippen molar-refractivity contribution in [3.05, 3.63) is 122 Å². The van der Waals surface area contributed by atoms with Crippen LogP contribution >= 0.6 is 0 Å². The Labute approximate surface area is 266 Å². The van der Waals surface area contributed by atoms with Gasteiger partial charge in [0.25, 0.3) is 5.56 Å². The van der Waals surface area contributed by atoms with Gasteiger partial charge in [-0.15, -0.1) is 0 Å². The van der Waals surface area contributed by atoms with Crippen molar-refractivity contribution < 1.29 is 26.3 Å². The maximum Gasteiger partial charge on any atom is 0.416 e. The molecule has 11 nitrogen and oxygen atoms in total. The van der Waals surface area contributed by atoms with Gasteiger partial charge in [0.1, 0.15) is 16.3 Å². The number of nitrogens with one attached hydrogen (secondary N) is 1. The molecule has 0 bridgehead atoms. The number of hydrogen-bond acceptors (Lipinski definition) is 7. The third-order valence-electron chi connectivity index (χ3n) is 7.58. The van der Waals surface area contributed by atoms with Crippen LogP contribution < -0.4 is 20.7 Å². The Hall–Kier alpha value is -5.46. The number of benzene rings is 3. The zero-order valence-corrected chi connectivity index (χ0v) is 26.2. The Balaban J connectivity index is 1.77. The molecule has 0 saturated heterocycles. The van der Waals surface area contributed by atoms with E-state index in [0.717, 1.165) is 36.0 Å². The van der Waals surface area contributed by atoms with E-state index < -0.39 is 43.9 Å². The molecule has 0 amide bonds. The van der Waals surface area contributed by atoms with Gasteiger partial charge in [-0.1, -0.05) is 18.2 Å². The van der Waals surface area contributed by atoms with Crippen molar-refractivity contribution in [1.82, 2.24) is 23.6 Å². The van der Waals surface area contributed by atoms with E-state index in [1.807, 2.05) is 6.07 Å². The Bertz CT molecular complexity index is 2250. The van der Waals surface area contributed by atoms with Gasteiger partial charge >= 0.3 is 11.9 Å². The molecular weight excluding hydrogens is 637 g/mol. The molecule has 0 aliphatic rings. The number of methoxy groups -OCH3 is 1. The topological polar surface area (TPSA) is 141 Å². The molecule has 2 heterocycles. The van der Waals surface area contributed by atoms with E-state index in [0.29, 0.717) is 21.4 Å². The predicted octanol–water partition coefficient (Wildman–Crippen LogP) is 4.64. The first-order chi connectivity index (χ1) is 22.2. The molecule has 1 N–H and O–H groups in total. The molecule has 0 radical (unpaired) electrons. The molecule has 3 aromatic carbocycles. The van der Waals surface area contributed by atoms with E-state index in [4.69, 9.17) is 4.74 Å². The molecule has 242 valence electrons. The van der Waals surface area contributed by atoms with Crippen LogP contribution in [0.15, 0.2) is 93.5 Å². The number of ether oxygens (including phenoxy) is 1. The van der Waals surface area contributed by atoms with Gasteiger partial charge in [-0.2, -0.15) is 23.5 Å². The summed E-state index contributed by atoms with van der Waals surface area (Å²) in [6.07, 6.45) is -3.69. The minimum atomic E-state index is -4.72. The smallest absolute Gasteiger partial charge is 0.416 e. The molecule has 5 rings (SSSR count). The molecule has 1 atom stereocenters. The summed E-state index contributed by atoms with van der Waals surface area (Å²) in [5.74, 6) is 0.567. The third-order valence-corrected chi connectivity index (χ3v) is 9.12. The summed E-state index contributed by atoms with van der Waals surface area (Å²) in [6.45, 7) is 2.94. The van der Waals surface area contributed by atoms with Gasteiger partial charge in [0, 0.05) is 18.8 Å². The van der Waals surface area contributed by atoms with Crippen LogP contribution in [-0.2, 0) is 23.2 Å². The van der Waals surface area contributed by atoms with E-state index in [2.05, 4.69) is 9.82 Å². The van der Waals surface area contributed by atoms with Gasteiger partial charge in [0.05, 0.1) is 47.4 Å². The fourth-order valence-corrected chi connectivity index (χ4v) is 6.46. The minimum Gasteiger partial charge on any atom is -0.497 e. The van der Waals surface area contributed by atoms with Crippen LogP contribution in [0.1, 0.15) is 35.3 Å². The van der Waals surface area contributed by atoms with Crippen LogP contribution in [0.4, 0.5) is 13.2 Å². The third kappa shape index (κ3) is 6.20. The molecule has 5 aromatic rings. The highest BCUT2D eigenvalue weighted by Gasteiger charge is 2.33. The van der Waals surface area contributed by atoms with E-state index in [-0.39, 0.29) is 28.3 Å². The van der Waals surface area contributed by atoms with Crippen molar-refractivity contribution in [2.45, 2.75) is 31.0 Å². The zero-order valence-electron chi connectivity index (χ0n) is 25.4. The summed E-state index contributed by atoms with van der Waals surface area (Å²) in [5, 5.41) is 13.6. The lowest BCUT2D eigenvalue weighted by molar-refractivity contribution is -0.137. The van der Waals surface area contributed by atoms with Crippen molar-refractivity contribution in [2.75, 3.05) is 7.11 Å². The van der Waals surface area contributed by atoms with E-state index in [9.17, 15) is 36.4 Å². The van der Waals surface area contributed by atoms with Crippen molar-refractivity contribution in [3.63, 3.8) is 0 Å². The van der Waals surface area contributed by atoms with Gasteiger partial charge in [-0.25, -0.2) is 22.6 Å². The molecule has 0 saturated carbocycles. The number of alkyl halides is 3. The molecule has 0 aliphatic carbocycles. The van der Waals surface area contributed by atoms with Gasteiger partial charge in [-0.3, -0.25) is 13.9 Å². The zero-order chi connectivity index (χ0) is 34.3. The number of halogens is 3.